The van der Waals surface area contributed by atoms with Gasteiger partial charge in [-0.1, -0.05) is 0 Å². The van der Waals surface area contributed by atoms with Gasteiger partial charge in [-0.3, -0.25) is 9.59 Å². The molecular formula is C14H19NO7S. The molecule has 0 aromatic heterocycles. The van der Waals surface area contributed by atoms with E-state index in [9.17, 15) is 18.0 Å². The summed E-state index contributed by atoms with van der Waals surface area (Å²) in [6.45, 7) is 2.07. The van der Waals surface area contributed by atoms with Gasteiger partial charge in [0.25, 0.3) is 0 Å². The molecule has 0 radical (unpaired) electrons. The number of nitrogens with one attached hydrogen (secondary N) is 1. The van der Waals surface area contributed by atoms with Crippen LogP contribution in [0.25, 0.3) is 0 Å². The molecule has 0 fully saturated rings. The number of carbonyl (C=O) groups excluding carboxylic acids is 1. The van der Waals surface area contributed by atoms with Crippen molar-refractivity contribution in [2.75, 3.05) is 25.3 Å². The topological polar surface area (TPSA) is 119 Å². The highest BCUT2D eigenvalue weighted by Gasteiger charge is 2.42. The second-order valence-electron chi connectivity index (χ2n) is 5.19. The Kier molecular flexibility index (Phi) is 5.60. The van der Waals surface area contributed by atoms with Crippen LogP contribution in [-0.4, -0.2) is 50.1 Å². The highest BCUT2D eigenvalue weighted by molar-refractivity contribution is 7.94. The van der Waals surface area contributed by atoms with Crippen LogP contribution >= 0.6 is 0 Å². The maximum atomic E-state index is 12.0. The molecule has 0 bridgehead atoms. The van der Waals surface area contributed by atoms with Gasteiger partial charge in [-0.05, 0) is 26.0 Å². The van der Waals surface area contributed by atoms with E-state index < -0.39 is 32.2 Å². The Morgan fingerprint density at radius 1 is 1.17 bits per heavy atom. The first-order chi connectivity index (χ1) is 10.5. The molecule has 0 heterocycles. The number of amides is 1. The van der Waals surface area contributed by atoms with Crippen molar-refractivity contribution in [3.63, 3.8) is 0 Å². The van der Waals surface area contributed by atoms with Crippen molar-refractivity contribution >= 4 is 27.4 Å². The molecule has 1 rings (SSSR count). The van der Waals surface area contributed by atoms with Crippen molar-refractivity contribution in [3.8, 4) is 11.5 Å². The van der Waals surface area contributed by atoms with Crippen LogP contribution in [0.4, 0.5) is 5.69 Å². The van der Waals surface area contributed by atoms with Crippen molar-refractivity contribution in [2.24, 2.45) is 0 Å². The number of hydrogen-bond donors (Lipinski definition) is 2. The Morgan fingerprint density at radius 2 is 1.74 bits per heavy atom. The number of rotatable bonds is 7. The number of carboxylic acid groups (broad SMARTS) is 1. The number of methoxy groups -OCH3 is 2. The molecule has 0 spiro atoms. The van der Waals surface area contributed by atoms with Crippen molar-refractivity contribution in [3.05, 3.63) is 18.2 Å². The number of carboxylic acids is 1. The maximum Gasteiger partial charge on any atom is 0.324 e. The lowest BCUT2D eigenvalue weighted by atomic mass is 10.2. The van der Waals surface area contributed by atoms with Crippen molar-refractivity contribution in [1.29, 1.82) is 0 Å². The van der Waals surface area contributed by atoms with E-state index in [1.165, 1.54) is 26.4 Å². The van der Waals surface area contributed by atoms with Gasteiger partial charge in [-0.15, -0.1) is 0 Å². The van der Waals surface area contributed by atoms with E-state index >= 15 is 0 Å². The van der Waals surface area contributed by atoms with Crippen LogP contribution in [0.1, 0.15) is 13.8 Å². The molecule has 0 aliphatic carbocycles. The first-order valence-corrected chi connectivity index (χ1v) is 8.18. The van der Waals surface area contributed by atoms with Gasteiger partial charge in [0.1, 0.15) is 5.75 Å². The Labute approximate surface area is 134 Å². The molecule has 9 heteroatoms. The SMILES string of the molecule is COc1ccc(NC(=O)CS(=O)(=O)C(C)(C)C(=O)O)cc1OC. The Hall–Kier alpha value is -2.29. The van der Waals surface area contributed by atoms with E-state index in [4.69, 9.17) is 14.6 Å². The summed E-state index contributed by atoms with van der Waals surface area (Å²) in [4.78, 5) is 22.9. The molecule has 0 saturated carbocycles. The molecule has 0 aliphatic rings. The number of benzene rings is 1. The van der Waals surface area contributed by atoms with Crippen LogP contribution in [-0.2, 0) is 19.4 Å². The van der Waals surface area contributed by atoms with Gasteiger partial charge in [-0.2, -0.15) is 0 Å². The molecule has 1 amide bonds. The van der Waals surface area contributed by atoms with Crippen LogP contribution in [0.5, 0.6) is 11.5 Å². The van der Waals surface area contributed by atoms with Gasteiger partial charge >= 0.3 is 5.97 Å². The molecule has 1 aromatic carbocycles. The zero-order valence-electron chi connectivity index (χ0n) is 13.2. The maximum absolute atomic E-state index is 12.0. The fraction of sp³-hybridized carbons (Fsp3) is 0.429. The summed E-state index contributed by atoms with van der Waals surface area (Å²) in [6.07, 6.45) is 0. The van der Waals surface area contributed by atoms with Crippen LogP contribution in [0.2, 0.25) is 0 Å². The average molecular weight is 345 g/mol. The summed E-state index contributed by atoms with van der Waals surface area (Å²) < 4.78 is 32.1. The number of aliphatic carboxylic acids is 1. The third kappa shape index (κ3) is 4.13. The molecule has 0 atom stereocenters. The minimum atomic E-state index is -4.17. The first kappa shape index (κ1) is 18.8. The predicted molar refractivity (Wildman–Crippen MR) is 83.7 cm³/mol. The number of anilines is 1. The molecule has 1 aromatic rings. The van der Waals surface area contributed by atoms with Crippen molar-refractivity contribution in [1.82, 2.24) is 0 Å². The Morgan fingerprint density at radius 3 is 2.22 bits per heavy atom. The van der Waals surface area contributed by atoms with Gasteiger partial charge in [-0.25, -0.2) is 8.42 Å². The number of ether oxygens (including phenoxy) is 2. The predicted octanol–water partition coefficient (Wildman–Crippen LogP) is 0.920. The molecule has 23 heavy (non-hydrogen) atoms. The van der Waals surface area contributed by atoms with Crippen LogP contribution in [0.3, 0.4) is 0 Å². The zero-order valence-corrected chi connectivity index (χ0v) is 14.1. The number of carbonyl (C=O) groups is 2. The number of hydrogen-bond acceptors (Lipinski definition) is 6. The van der Waals surface area contributed by atoms with Gasteiger partial charge in [0.05, 0.1) is 14.2 Å². The van der Waals surface area contributed by atoms with E-state index in [-0.39, 0.29) is 0 Å². The number of sulfone groups is 1. The van der Waals surface area contributed by atoms with Gasteiger partial charge in [0.2, 0.25) is 5.91 Å². The highest BCUT2D eigenvalue weighted by Crippen LogP contribution is 2.29. The summed E-state index contributed by atoms with van der Waals surface area (Å²) in [6, 6.07) is 4.52. The highest BCUT2D eigenvalue weighted by atomic mass is 32.2. The fourth-order valence-corrected chi connectivity index (χ4v) is 2.64. The third-order valence-corrected chi connectivity index (χ3v) is 5.65. The third-order valence-electron chi connectivity index (χ3n) is 3.28. The van der Waals surface area contributed by atoms with Crippen molar-refractivity contribution in [2.45, 2.75) is 18.6 Å². The zero-order chi connectivity index (χ0) is 17.8. The fourth-order valence-electron chi connectivity index (χ4n) is 1.60. The molecule has 0 unspecified atom stereocenters. The van der Waals surface area contributed by atoms with E-state index in [1.54, 1.807) is 6.07 Å². The van der Waals surface area contributed by atoms with Gasteiger partial charge in [0.15, 0.2) is 26.1 Å². The smallest absolute Gasteiger partial charge is 0.324 e. The standard InChI is InChI=1S/C14H19NO7S/c1-14(2,13(17)18)23(19,20)8-12(16)15-9-5-6-10(21-3)11(7-9)22-4/h5-7H,8H2,1-4H3,(H,15,16)(H,17,18). The molecule has 8 nitrogen and oxygen atoms in total. The van der Waals surface area contributed by atoms with Crippen molar-refractivity contribution < 1.29 is 32.6 Å². The molecule has 0 saturated heterocycles. The van der Waals surface area contributed by atoms with E-state index in [0.29, 0.717) is 17.2 Å². The van der Waals surface area contributed by atoms with E-state index in [2.05, 4.69) is 5.32 Å². The monoisotopic (exact) mass is 345 g/mol. The summed E-state index contributed by atoms with van der Waals surface area (Å²) in [5, 5.41) is 11.4. The van der Waals surface area contributed by atoms with Gasteiger partial charge < -0.3 is 19.9 Å². The van der Waals surface area contributed by atoms with Crippen LogP contribution in [0, 0.1) is 0 Å². The molecule has 128 valence electrons. The second kappa shape index (κ2) is 6.86. The Bertz CT molecular complexity index is 710. The second-order valence-corrected chi connectivity index (χ2v) is 7.73. The Balaban J connectivity index is 2.91. The van der Waals surface area contributed by atoms with Crippen LogP contribution < -0.4 is 14.8 Å². The molecule has 0 aliphatic heterocycles. The van der Waals surface area contributed by atoms with E-state index in [0.717, 1.165) is 13.8 Å². The molecular weight excluding hydrogens is 326 g/mol. The normalized spacial score (nSPS) is 11.7. The average Bonchev–Trinajstić information content (AvgIpc) is 2.45. The summed E-state index contributed by atoms with van der Waals surface area (Å²) in [5.41, 5.74) is 0.302. The lowest BCUT2D eigenvalue weighted by Crippen LogP contribution is -2.44. The van der Waals surface area contributed by atoms with Gasteiger partial charge in [0, 0.05) is 11.8 Å². The minimum absolute atomic E-state index is 0.302. The largest absolute Gasteiger partial charge is 0.493 e. The lowest BCUT2D eigenvalue weighted by molar-refractivity contribution is -0.139. The quantitative estimate of drug-likeness (QED) is 0.754. The molecule has 2 N–H and O–H groups in total. The lowest BCUT2D eigenvalue weighted by Gasteiger charge is -2.19. The summed E-state index contributed by atoms with van der Waals surface area (Å²) >= 11 is 0. The summed E-state index contributed by atoms with van der Waals surface area (Å²) in [5.74, 6) is -2.49. The minimum Gasteiger partial charge on any atom is -0.493 e. The first-order valence-electron chi connectivity index (χ1n) is 6.52. The van der Waals surface area contributed by atoms with Crippen LogP contribution in [0.15, 0.2) is 18.2 Å². The van der Waals surface area contributed by atoms with E-state index in [1.807, 2.05) is 0 Å². The summed E-state index contributed by atoms with van der Waals surface area (Å²) in [7, 11) is -1.30.